The Morgan fingerprint density at radius 3 is 2.57 bits per heavy atom. The number of hydrogen-bond donors (Lipinski definition) is 1. The second-order valence-electron chi connectivity index (χ2n) is 9.86. The summed E-state index contributed by atoms with van der Waals surface area (Å²) >= 11 is 0. The highest BCUT2D eigenvalue weighted by atomic mass is 19.2. The van der Waals surface area contributed by atoms with Crippen molar-refractivity contribution in [3.05, 3.63) is 84.3 Å². The maximum Gasteiger partial charge on any atom is 0.321 e. The molecule has 37 heavy (non-hydrogen) atoms. The van der Waals surface area contributed by atoms with Crippen LogP contribution in [0.3, 0.4) is 0 Å². The zero-order valence-electron chi connectivity index (χ0n) is 20.3. The second kappa shape index (κ2) is 9.46. The molecule has 2 amide bonds. The standard InChI is InChI=1S/C28H27F2N5O2/c1-17-32-23-6-2-3-7-24(23)35(17)25-12-18-15-34(28(36)33-20-9-10-21(29)22(30)14-20)16-19(18)13-26(25)37-27-8-4-5-11-31-27/h2-11,14,18-19,25-26H,12-13,15-16H2,1H3,(H,33,36)/t18-,19+,25-,26-/m0/s1. The van der Waals surface area contributed by atoms with Crippen LogP contribution in [0.4, 0.5) is 19.3 Å². The summed E-state index contributed by atoms with van der Waals surface area (Å²) in [4.78, 5) is 23.9. The Labute approximate surface area is 213 Å². The summed E-state index contributed by atoms with van der Waals surface area (Å²) in [5, 5.41) is 2.71. The average molecular weight is 504 g/mol. The van der Waals surface area contributed by atoms with E-state index in [0.717, 1.165) is 41.8 Å². The largest absolute Gasteiger partial charge is 0.472 e. The first-order valence-electron chi connectivity index (χ1n) is 12.5. The highest BCUT2D eigenvalue weighted by Crippen LogP contribution is 2.44. The van der Waals surface area contributed by atoms with Gasteiger partial charge in [0.15, 0.2) is 11.6 Å². The first-order chi connectivity index (χ1) is 18.0. The number of anilines is 1. The van der Waals surface area contributed by atoms with Crippen molar-refractivity contribution < 1.29 is 18.3 Å². The van der Waals surface area contributed by atoms with Gasteiger partial charge in [0.2, 0.25) is 5.88 Å². The molecule has 2 aliphatic rings. The van der Waals surface area contributed by atoms with E-state index in [2.05, 4.69) is 20.9 Å². The van der Waals surface area contributed by atoms with Crippen molar-refractivity contribution in [2.24, 2.45) is 11.8 Å². The first kappa shape index (κ1) is 23.4. The summed E-state index contributed by atoms with van der Waals surface area (Å²) in [7, 11) is 0. The molecule has 0 spiro atoms. The number of nitrogens with one attached hydrogen (secondary N) is 1. The Morgan fingerprint density at radius 2 is 1.78 bits per heavy atom. The number of halogens is 2. The maximum absolute atomic E-state index is 13.6. The molecule has 1 saturated heterocycles. The van der Waals surface area contributed by atoms with Gasteiger partial charge in [-0.3, -0.25) is 0 Å². The van der Waals surface area contributed by atoms with Crippen LogP contribution in [-0.4, -0.2) is 44.7 Å². The minimum atomic E-state index is -0.992. The minimum Gasteiger partial charge on any atom is -0.472 e. The van der Waals surface area contributed by atoms with Crippen LogP contribution < -0.4 is 10.1 Å². The number of rotatable bonds is 4. The van der Waals surface area contributed by atoms with Crippen molar-refractivity contribution in [1.29, 1.82) is 0 Å². The van der Waals surface area contributed by atoms with E-state index in [1.807, 2.05) is 43.3 Å². The fourth-order valence-electron chi connectivity index (χ4n) is 5.89. The number of pyridine rings is 1. The molecule has 4 atom stereocenters. The van der Waals surface area contributed by atoms with Gasteiger partial charge in [0.25, 0.3) is 0 Å². The Balaban J connectivity index is 1.26. The van der Waals surface area contributed by atoms with E-state index in [1.165, 1.54) is 6.07 Å². The summed E-state index contributed by atoms with van der Waals surface area (Å²) < 4.78 is 35.6. The van der Waals surface area contributed by atoms with Gasteiger partial charge in [-0.25, -0.2) is 23.5 Å². The van der Waals surface area contributed by atoms with E-state index in [1.54, 1.807) is 11.1 Å². The fraction of sp³-hybridized carbons (Fsp3) is 0.321. The summed E-state index contributed by atoms with van der Waals surface area (Å²) in [6, 6.07) is 16.8. The number of ether oxygens (including phenoxy) is 1. The lowest BCUT2D eigenvalue weighted by Gasteiger charge is -2.39. The second-order valence-corrected chi connectivity index (χ2v) is 9.86. The molecule has 0 unspecified atom stereocenters. The number of hydrogen-bond acceptors (Lipinski definition) is 4. The quantitative estimate of drug-likeness (QED) is 0.395. The van der Waals surface area contributed by atoms with Crippen LogP contribution in [0.25, 0.3) is 11.0 Å². The molecular formula is C28H27F2N5O2. The van der Waals surface area contributed by atoms with Crippen molar-refractivity contribution in [3.8, 4) is 5.88 Å². The average Bonchev–Trinajstić information content (AvgIpc) is 3.46. The molecule has 1 aliphatic carbocycles. The molecule has 0 radical (unpaired) electrons. The molecule has 0 bridgehead atoms. The van der Waals surface area contributed by atoms with Crippen LogP contribution in [0.5, 0.6) is 5.88 Å². The monoisotopic (exact) mass is 503 g/mol. The van der Waals surface area contributed by atoms with Gasteiger partial charge in [-0.15, -0.1) is 0 Å². The Bertz CT molecular complexity index is 1440. The molecule has 1 saturated carbocycles. The normalized spacial score (nSPS) is 23.2. The van der Waals surface area contributed by atoms with Crippen LogP contribution >= 0.6 is 0 Å². The zero-order chi connectivity index (χ0) is 25.5. The van der Waals surface area contributed by atoms with Crippen LogP contribution in [0.2, 0.25) is 0 Å². The summed E-state index contributed by atoms with van der Waals surface area (Å²) in [6.45, 7) is 3.16. The van der Waals surface area contributed by atoms with E-state index in [-0.39, 0.29) is 35.7 Å². The van der Waals surface area contributed by atoms with Crippen molar-refractivity contribution in [3.63, 3.8) is 0 Å². The topological polar surface area (TPSA) is 72.3 Å². The Morgan fingerprint density at radius 1 is 1.00 bits per heavy atom. The predicted octanol–water partition coefficient (Wildman–Crippen LogP) is 5.58. The molecule has 3 heterocycles. The number of nitrogens with zero attached hydrogens (tertiary/aromatic N) is 4. The maximum atomic E-state index is 13.6. The molecular weight excluding hydrogens is 476 g/mol. The van der Waals surface area contributed by atoms with Crippen LogP contribution in [0, 0.1) is 30.4 Å². The van der Waals surface area contributed by atoms with E-state index < -0.39 is 11.6 Å². The minimum absolute atomic E-state index is 0.0184. The molecule has 1 aliphatic heterocycles. The number of para-hydroxylation sites is 2. The van der Waals surface area contributed by atoms with Gasteiger partial charge in [0.05, 0.1) is 17.1 Å². The number of benzene rings is 2. The SMILES string of the molecule is Cc1nc2ccccc2n1[C@H]1C[C@H]2CN(C(=O)Nc3ccc(F)c(F)c3)C[C@H]2C[C@@H]1Oc1ccccn1. The number of likely N-dealkylation sites (tertiary alicyclic amines) is 1. The Hall–Kier alpha value is -4.01. The molecule has 2 aromatic carbocycles. The molecule has 190 valence electrons. The van der Waals surface area contributed by atoms with Crippen LogP contribution in [0.1, 0.15) is 24.7 Å². The van der Waals surface area contributed by atoms with Gasteiger partial charge in [0, 0.05) is 37.1 Å². The number of aryl methyl sites for hydroxylation is 1. The van der Waals surface area contributed by atoms with E-state index >= 15 is 0 Å². The molecule has 2 aromatic heterocycles. The number of imidazole rings is 1. The number of fused-ring (bicyclic) bond motifs is 2. The lowest BCUT2D eigenvalue weighted by molar-refractivity contribution is 0.0522. The molecule has 9 heteroatoms. The molecule has 7 nitrogen and oxygen atoms in total. The van der Waals surface area contributed by atoms with E-state index in [9.17, 15) is 13.6 Å². The van der Waals surface area contributed by atoms with Crippen molar-refractivity contribution in [2.45, 2.75) is 31.9 Å². The fourth-order valence-corrected chi connectivity index (χ4v) is 5.89. The van der Waals surface area contributed by atoms with Crippen LogP contribution in [0.15, 0.2) is 66.9 Å². The van der Waals surface area contributed by atoms with E-state index in [4.69, 9.17) is 9.72 Å². The summed E-state index contributed by atoms with van der Waals surface area (Å²) in [6.07, 6.45) is 3.14. The number of aromatic nitrogens is 3. The van der Waals surface area contributed by atoms with E-state index in [0.29, 0.717) is 19.0 Å². The Kier molecular flexibility index (Phi) is 5.98. The van der Waals surface area contributed by atoms with Gasteiger partial charge in [-0.1, -0.05) is 18.2 Å². The lowest BCUT2D eigenvalue weighted by Crippen LogP contribution is -2.40. The van der Waals surface area contributed by atoms with Gasteiger partial charge >= 0.3 is 6.03 Å². The number of carbonyl (C=O) groups is 1. The lowest BCUT2D eigenvalue weighted by atomic mass is 9.77. The van der Waals surface area contributed by atoms with Crippen LogP contribution in [-0.2, 0) is 0 Å². The van der Waals surface area contributed by atoms with Gasteiger partial charge in [0.1, 0.15) is 11.9 Å². The molecule has 6 rings (SSSR count). The van der Waals surface area contributed by atoms with Crippen molar-refractivity contribution in [2.75, 3.05) is 18.4 Å². The highest BCUT2D eigenvalue weighted by Gasteiger charge is 2.45. The first-order valence-corrected chi connectivity index (χ1v) is 12.5. The molecule has 1 N–H and O–H groups in total. The highest BCUT2D eigenvalue weighted by molar-refractivity contribution is 5.89. The smallest absolute Gasteiger partial charge is 0.321 e. The summed E-state index contributed by atoms with van der Waals surface area (Å²) in [5.74, 6) is 0.0699. The third kappa shape index (κ3) is 4.50. The third-order valence-corrected chi connectivity index (χ3v) is 7.56. The number of amides is 2. The predicted molar refractivity (Wildman–Crippen MR) is 135 cm³/mol. The van der Waals surface area contributed by atoms with Crippen molar-refractivity contribution >= 4 is 22.8 Å². The number of urea groups is 1. The van der Waals surface area contributed by atoms with Gasteiger partial charge < -0.3 is 19.5 Å². The molecule has 2 fully saturated rings. The van der Waals surface area contributed by atoms with Crippen molar-refractivity contribution in [1.82, 2.24) is 19.4 Å². The summed E-state index contributed by atoms with van der Waals surface area (Å²) in [5.41, 5.74) is 2.23. The number of carbonyl (C=O) groups excluding carboxylic acids is 1. The van der Waals surface area contributed by atoms with Gasteiger partial charge in [-0.05, 0) is 61.9 Å². The third-order valence-electron chi connectivity index (χ3n) is 7.56. The zero-order valence-corrected chi connectivity index (χ0v) is 20.3. The molecule has 4 aromatic rings. The van der Waals surface area contributed by atoms with Gasteiger partial charge in [-0.2, -0.15) is 0 Å².